The molecule has 2 aromatic rings. The van der Waals surface area contributed by atoms with Crippen LogP contribution in [0.25, 0.3) is 0 Å². The molecule has 0 nitrogen and oxygen atoms in total. The molecule has 2 saturated carbocycles. The Kier molecular flexibility index (Phi) is 10.8. The average molecular weight is 720 g/mol. The third-order valence-electron chi connectivity index (χ3n) is 11.6. The minimum absolute atomic E-state index is 0. The Bertz CT molecular complexity index is 1640. The normalized spacial score (nSPS) is 31.7. The van der Waals surface area contributed by atoms with Crippen LogP contribution in [0.3, 0.4) is 0 Å². The van der Waals surface area contributed by atoms with Crippen LogP contribution < -0.4 is 24.8 Å². The Morgan fingerprint density at radius 1 is 0.696 bits per heavy atom. The first-order chi connectivity index (χ1) is 21.2. The molecule has 0 heterocycles. The molecule has 8 rings (SSSR count). The van der Waals surface area contributed by atoms with Gasteiger partial charge in [-0.15, -0.1) is 6.08 Å². The second-order valence-corrected chi connectivity index (χ2v) is 13.4. The molecule has 6 aliphatic rings. The summed E-state index contributed by atoms with van der Waals surface area (Å²) in [5.74, 6) is 3.42. The smallest absolute Gasteiger partial charge is 1.00 e. The van der Waals surface area contributed by atoms with Gasteiger partial charge in [-0.3, -0.25) is 0 Å². The van der Waals surface area contributed by atoms with Gasteiger partial charge in [0.25, 0.3) is 0 Å². The fraction of sp³-hybridized carbons (Fsp3) is 0.279. The predicted molar refractivity (Wildman–Crippen MR) is 180 cm³/mol. The molecule has 0 aliphatic heterocycles. The topological polar surface area (TPSA) is 0 Å². The zero-order valence-corrected chi connectivity index (χ0v) is 30.5. The first-order valence-corrected chi connectivity index (χ1v) is 16.3. The van der Waals surface area contributed by atoms with Crippen LogP contribution in [0.4, 0.5) is 0 Å². The van der Waals surface area contributed by atoms with E-state index in [1.54, 1.807) is 16.7 Å². The molecular weight excluding hydrogens is 679 g/mol. The Balaban J connectivity index is 0.00000139. The van der Waals surface area contributed by atoms with E-state index in [9.17, 15) is 0 Å². The van der Waals surface area contributed by atoms with Crippen molar-refractivity contribution >= 4 is 0 Å². The summed E-state index contributed by atoms with van der Waals surface area (Å²) < 4.78 is 0. The number of benzene rings is 2. The van der Waals surface area contributed by atoms with Gasteiger partial charge in [0, 0.05) is 11.8 Å². The van der Waals surface area contributed by atoms with E-state index in [4.69, 9.17) is 0 Å². The van der Waals surface area contributed by atoms with Crippen molar-refractivity contribution in [3.63, 3.8) is 0 Å². The predicted octanol–water partition coefficient (Wildman–Crippen LogP) is 4.45. The van der Waals surface area contributed by atoms with E-state index in [0.717, 1.165) is 6.42 Å². The number of hydrogen-bond acceptors (Lipinski definition) is 0. The van der Waals surface area contributed by atoms with Crippen molar-refractivity contribution in [2.45, 2.75) is 32.1 Å². The zero-order valence-electron chi connectivity index (χ0n) is 26.5. The largest absolute Gasteiger partial charge is 3.00 e. The molecule has 1 radical (unpaired) electrons. The monoisotopic (exact) mass is 717 g/mol. The third-order valence-corrected chi connectivity index (χ3v) is 11.6. The van der Waals surface area contributed by atoms with Crippen molar-refractivity contribution < 1.29 is 51.0 Å². The molecule has 0 spiro atoms. The summed E-state index contributed by atoms with van der Waals surface area (Å²) in [6.45, 7) is 4.88. The maximum Gasteiger partial charge on any atom is 3.00 e. The van der Waals surface area contributed by atoms with E-state index in [-0.39, 0.29) is 56.4 Å². The van der Waals surface area contributed by atoms with Crippen LogP contribution in [-0.4, -0.2) is 0 Å². The van der Waals surface area contributed by atoms with E-state index >= 15 is 0 Å². The molecule has 46 heavy (non-hydrogen) atoms. The molecule has 2 aromatic carbocycles. The number of hydrogen-bond donors (Lipinski definition) is 0. The summed E-state index contributed by atoms with van der Waals surface area (Å²) in [4.78, 5) is 0. The minimum Gasteiger partial charge on any atom is -1.00 e. The van der Waals surface area contributed by atoms with Gasteiger partial charge in [-0.25, -0.2) is 18.1 Å². The van der Waals surface area contributed by atoms with Crippen LogP contribution in [0.15, 0.2) is 168 Å². The van der Waals surface area contributed by atoms with Gasteiger partial charge < -0.3 is 24.8 Å². The van der Waals surface area contributed by atoms with E-state index in [1.165, 1.54) is 16.7 Å². The number of rotatable bonds is 5. The van der Waals surface area contributed by atoms with Crippen LogP contribution in [0.1, 0.15) is 43.2 Å². The van der Waals surface area contributed by atoms with Gasteiger partial charge in [-0.05, 0) is 64.0 Å². The van der Waals surface area contributed by atoms with E-state index in [2.05, 4.69) is 166 Å². The van der Waals surface area contributed by atoms with Gasteiger partial charge >= 0.3 is 26.2 Å². The van der Waals surface area contributed by atoms with Crippen molar-refractivity contribution in [3.8, 4) is 0 Å². The van der Waals surface area contributed by atoms with Gasteiger partial charge in [-0.2, -0.15) is 0 Å². The molecule has 0 saturated heterocycles. The Morgan fingerprint density at radius 2 is 1.28 bits per heavy atom. The molecule has 2 fully saturated rings. The molecule has 0 N–H and O–H groups in total. The summed E-state index contributed by atoms with van der Waals surface area (Å²) in [6, 6.07) is 22.4. The zero-order chi connectivity index (χ0) is 29.0. The van der Waals surface area contributed by atoms with E-state index in [0.29, 0.717) is 47.3 Å². The molecule has 3 heteroatoms. The SMILES string of the molecule is CC(C(=C1C=CC=C2[CH-]C3(C4=CC=CC4)C4C=CC=CC4C4C=CC=CC4C3C21)C(C)c1ccccc1)c1ccccc1.[Cl-].[Cl-].[Zr+3]. The third kappa shape index (κ3) is 5.45. The van der Waals surface area contributed by atoms with Crippen LogP contribution in [0, 0.1) is 47.3 Å². The molecule has 9 unspecified atom stereocenters. The maximum atomic E-state index is 2.76. The first kappa shape index (κ1) is 34.8. The second kappa shape index (κ2) is 14.3. The molecule has 0 amide bonds. The van der Waals surface area contributed by atoms with E-state index < -0.39 is 0 Å². The fourth-order valence-corrected chi connectivity index (χ4v) is 9.83. The van der Waals surface area contributed by atoms with Crippen LogP contribution in [-0.2, 0) is 26.2 Å². The molecule has 0 aromatic heterocycles. The standard InChI is InChI=1S/C43H41.2ClH.Zr/c1-29(31-16-5-3-6-17-31)40(30(2)32-18-7-4-8-19-32)38-26-15-20-33-28-43(34-21-9-10-22-34)39-27-14-13-24-36(39)35-23-11-12-25-37(35)42(43)41(33)38;;;/h3-21,23-30,35-37,39,41-42H,22H2,1-2H3;2*1H;/q-1;;;+3/p-2. The Morgan fingerprint density at radius 3 is 1.89 bits per heavy atom. The van der Waals surface area contributed by atoms with Crippen molar-refractivity contribution in [2.24, 2.45) is 40.9 Å². The number of halogens is 2. The van der Waals surface area contributed by atoms with Gasteiger partial charge in [0.15, 0.2) is 0 Å². The van der Waals surface area contributed by atoms with Crippen molar-refractivity contribution in [1.82, 2.24) is 0 Å². The number of fused-ring (bicyclic) bond motifs is 8. The first-order valence-electron chi connectivity index (χ1n) is 16.3. The molecular formula is C43H41Cl2Zr. The number of allylic oxidation sites excluding steroid dienone is 18. The van der Waals surface area contributed by atoms with Gasteiger partial charge in [0.05, 0.1) is 0 Å². The van der Waals surface area contributed by atoms with Crippen molar-refractivity contribution in [3.05, 3.63) is 186 Å². The summed E-state index contributed by atoms with van der Waals surface area (Å²) in [5, 5.41) is 0. The summed E-state index contributed by atoms with van der Waals surface area (Å²) in [7, 11) is 0. The molecule has 9 atom stereocenters. The van der Waals surface area contributed by atoms with E-state index in [1.807, 2.05) is 0 Å². The maximum absolute atomic E-state index is 2.76. The average Bonchev–Trinajstić information content (AvgIpc) is 3.74. The van der Waals surface area contributed by atoms with Gasteiger partial charge in [-0.1, -0.05) is 159 Å². The Hall–Kier alpha value is -2.57. The van der Waals surface area contributed by atoms with Crippen LogP contribution in [0.5, 0.6) is 0 Å². The molecule has 6 aliphatic carbocycles. The quantitative estimate of drug-likeness (QED) is 0.402. The summed E-state index contributed by atoms with van der Waals surface area (Å²) in [5.41, 5.74) is 9.05. The minimum atomic E-state index is -0.00301. The van der Waals surface area contributed by atoms with Gasteiger partial charge in [0.1, 0.15) is 0 Å². The van der Waals surface area contributed by atoms with Crippen LogP contribution in [0.2, 0.25) is 0 Å². The van der Waals surface area contributed by atoms with Crippen LogP contribution >= 0.6 is 0 Å². The molecule has 0 bridgehead atoms. The van der Waals surface area contributed by atoms with Gasteiger partial charge in [0.2, 0.25) is 0 Å². The van der Waals surface area contributed by atoms with Crippen molar-refractivity contribution in [1.29, 1.82) is 0 Å². The second-order valence-electron chi connectivity index (χ2n) is 13.4. The summed E-state index contributed by atoms with van der Waals surface area (Å²) in [6.07, 6.45) is 37.7. The molecule has 231 valence electrons. The summed E-state index contributed by atoms with van der Waals surface area (Å²) >= 11 is 0. The van der Waals surface area contributed by atoms with Crippen molar-refractivity contribution in [2.75, 3.05) is 0 Å². The fourth-order valence-electron chi connectivity index (χ4n) is 9.83. The Labute approximate surface area is 307 Å².